The second-order valence-electron chi connectivity index (χ2n) is 6.81. The van der Waals surface area contributed by atoms with E-state index >= 15 is 0 Å². The molecule has 2 N–H and O–H groups in total. The Labute approximate surface area is 136 Å². The summed E-state index contributed by atoms with van der Waals surface area (Å²) in [5, 5.41) is 12.4. The van der Waals surface area contributed by atoms with Crippen molar-refractivity contribution in [2.75, 3.05) is 25.6 Å². The van der Waals surface area contributed by atoms with E-state index in [9.17, 15) is 14.7 Å². The molecule has 2 atom stereocenters. The Morgan fingerprint density at radius 3 is 2.48 bits per heavy atom. The Kier molecular flexibility index (Phi) is 5.06. The van der Waals surface area contributed by atoms with Gasteiger partial charge in [-0.3, -0.25) is 9.59 Å². The molecular weight excluding hydrogens is 296 g/mol. The van der Waals surface area contributed by atoms with Gasteiger partial charge in [0.05, 0.1) is 12.6 Å². The summed E-state index contributed by atoms with van der Waals surface area (Å²) in [5.41, 5.74) is 1.10. The second-order valence-corrected chi connectivity index (χ2v) is 6.81. The fourth-order valence-electron chi connectivity index (χ4n) is 2.37. The quantitative estimate of drug-likeness (QED) is 0.886. The van der Waals surface area contributed by atoms with E-state index in [1.54, 1.807) is 19.2 Å². The molecule has 0 radical (unpaired) electrons. The lowest BCUT2D eigenvalue weighted by molar-refractivity contribution is -0.157. The molecule has 6 heteroatoms. The number of nitrogens with one attached hydrogen (secondary N) is 1. The highest BCUT2D eigenvalue weighted by Gasteiger charge is 2.34. The molecule has 1 aliphatic heterocycles. The number of benzene rings is 1. The van der Waals surface area contributed by atoms with Gasteiger partial charge in [-0.15, -0.1) is 0 Å². The highest BCUT2D eigenvalue weighted by atomic mass is 16.5. The standard InChI is InChI=1S/C17H24N2O4/c1-17(2,3)16(22)18-12-7-5-11(6-8-12)15-13(9-20)19(4)14(21)10-23-15/h5-8,13,15,20H,9-10H2,1-4H3,(H,18,22)/t13-,15-/m1/s1. The van der Waals surface area contributed by atoms with Crippen LogP contribution in [0, 0.1) is 5.41 Å². The van der Waals surface area contributed by atoms with Gasteiger partial charge in [0.2, 0.25) is 11.8 Å². The Morgan fingerprint density at radius 2 is 1.96 bits per heavy atom. The van der Waals surface area contributed by atoms with Crippen LogP contribution in [0.3, 0.4) is 0 Å². The molecule has 0 spiro atoms. The normalized spacial score (nSPS) is 22.1. The van der Waals surface area contributed by atoms with Crippen LogP contribution in [0.25, 0.3) is 0 Å². The summed E-state index contributed by atoms with van der Waals surface area (Å²) in [7, 11) is 1.66. The Bertz CT molecular complexity index is 577. The summed E-state index contributed by atoms with van der Waals surface area (Å²) >= 11 is 0. The van der Waals surface area contributed by atoms with Gasteiger partial charge in [-0.1, -0.05) is 32.9 Å². The first-order valence-corrected chi connectivity index (χ1v) is 7.63. The third kappa shape index (κ3) is 3.89. The first-order valence-electron chi connectivity index (χ1n) is 7.63. The number of aliphatic hydroxyl groups excluding tert-OH is 1. The zero-order chi connectivity index (χ0) is 17.2. The van der Waals surface area contributed by atoms with E-state index in [4.69, 9.17) is 4.74 Å². The smallest absolute Gasteiger partial charge is 0.248 e. The number of carbonyl (C=O) groups is 2. The first kappa shape index (κ1) is 17.4. The molecule has 0 aliphatic carbocycles. The van der Waals surface area contributed by atoms with E-state index in [0.717, 1.165) is 5.56 Å². The molecular formula is C17H24N2O4. The molecule has 1 saturated heterocycles. The number of rotatable bonds is 3. The van der Waals surface area contributed by atoms with E-state index in [1.807, 2.05) is 32.9 Å². The molecule has 0 aromatic heterocycles. The monoisotopic (exact) mass is 320 g/mol. The predicted molar refractivity (Wildman–Crippen MR) is 86.9 cm³/mol. The number of hydrogen-bond donors (Lipinski definition) is 2. The fraction of sp³-hybridized carbons (Fsp3) is 0.529. The summed E-state index contributed by atoms with van der Waals surface area (Å²) in [5.74, 6) is -0.202. The van der Waals surface area contributed by atoms with Crippen molar-refractivity contribution in [3.05, 3.63) is 29.8 Å². The average molecular weight is 320 g/mol. The zero-order valence-electron chi connectivity index (χ0n) is 14.0. The summed E-state index contributed by atoms with van der Waals surface area (Å²) in [4.78, 5) is 25.2. The molecule has 2 rings (SSSR count). The number of ether oxygens (including phenoxy) is 1. The average Bonchev–Trinajstić information content (AvgIpc) is 2.50. The number of carbonyl (C=O) groups excluding carboxylic acids is 2. The maximum Gasteiger partial charge on any atom is 0.248 e. The van der Waals surface area contributed by atoms with Gasteiger partial charge < -0.3 is 20.1 Å². The number of aliphatic hydroxyl groups is 1. The number of hydrogen-bond acceptors (Lipinski definition) is 4. The molecule has 0 saturated carbocycles. The van der Waals surface area contributed by atoms with E-state index in [2.05, 4.69) is 5.32 Å². The third-order valence-corrected chi connectivity index (χ3v) is 3.99. The maximum absolute atomic E-state index is 12.0. The lowest BCUT2D eigenvalue weighted by Crippen LogP contribution is -2.50. The van der Waals surface area contributed by atoms with Gasteiger partial charge in [0.15, 0.2) is 0 Å². The largest absolute Gasteiger partial charge is 0.394 e. The van der Waals surface area contributed by atoms with Gasteiger partial charge in [-0.2, -0.15) is 0 Å². The van der Waals surface area contributed by atoms with Crippen LogP contribution in [-0.2, 0) is 14.3 Å². The molecule has 6 nitrogen and oxygen atoms in total. The molecule has 2 amide bonds. The fourth-order valence-corrected chi connectivity index (χ4v) is 2.37. The topological polar surface area (TPSA) is 78.9 Å². The lowest BCUT2D eigenvalue weighted by atomic mass is 9.95. The molecule has 0 bridgehead atoms. The number of morpholine rings is 1. The molecule has 1 aromatic carbocycles. The first-order chi connectivity index (χ1) is 10.7. The maximum atomic E-state index is 12.0. The predicted octanol–water partition coefficient (Wildman–Crippen LogP) is 1.56. The minimum absolute atomic E-state index is 0.000177. The number of likely N-dealkylation sites (N-methyl/N-ethyl adjacent to an activating group) is 1. The van der Waals surface area contributed by atoms with Gasteiger partial charge in [0.25, 0.3) is 0 Å². The molecule has 23 heavy (non-hydrogen) atoms. The van der Waals surface area contributed by atoms with Crippen LogP contribution in [-0.4, -0.2) is 48.1 Å². The van der Waals surface area contributed by atoms with E-state index < -0.39 is 11.5 Å². The van der Waals surface area contributed by atoms with Crippen LogP contribution >= 0.6 is 0 Å². The van der Waals surface area contributed by atoms with Gasteiger partial charge in [0.1, 0.15) is 12.7 Å². The zero-order valence-corrected chi connectivity index (χ0v) is 14.0. The van der Waals surface area contributed by atoms with Crippen LogP contribution in [0.5, 0.6) is 0 Å². The van der Waals surface area contributed by atoms with Crippen molar-refractivity contribution in [2.45, 2.75) is 32.9 Å². The van der Waals surface area contributed by atoms with E-state index in [1.165, 1.54) is 4.90 Å². The second kappa shape index (κ2) is 6.68. The Hall–Kier alpha value is -1.92. The SMILES string of the molecule is CN1C(=O)CO[C@H](c2ccc(NC(=O)C(C)(C)C)cc2)[C@H]1CO. The van der Waals surface area contributed by atoms with Crippen LogP contribution in [0.4, 0.5) is 5.69 Å². The van der Waals surface area contributed by atoms with E-state index in [0.29, 0.717) is 5.69 Å². The highest BCUT2D eigenvalue weighted by Crippen LogP contribution is 2.29. The van der Waals surface area contributed by atoms with Crippen LogP contribution in [0.2, 0.25) is 0 Å². The third-order valence-electron chi connectivity index (χ3n) is 3.99. The number of anilines is 1. The van der Waals surface area contributed by atoms with Crippen molar-refractivity contribution in [1.82, 2.24) is 4.90 Å². The molecule has 1 aliphatic rings. The molecule has 1 fully saturated rings. The van der Waals surface area contributed by atoms with Gasteiger partial charge in [0, 0.05) is 18.2 Å². The van der Waals surface area contributed by atoms with Crippen LogP contribution < -0.4 is 5.32 Å². The lowest BCUT2D eigenvalue weighted by Gasteiger charge is -2.38. The van der Waals surface area contributed by atoms with Crippen LogP contribution in [0.1, 0.15) is 32.4 Å². The van der Waals surface area contributed by atoms with Gasteiger partial charge in [-0.05, 0) is 17.7 Å². The molecule has 1 aromatic rings. The summed E-state index contributed by atoms with van der Waals surface area (Å²) in [6.07, 6.45) is -0.380. The molecule has 126 valence electrons. The van der Waals surface area contributed by atoms with Crippen molar-refractivity contribution in [2.24, 2.45) is 5.41 Å². The van der Waals surface area contributed by atoms with E-state index in [-0.39, 0.29) is 31.1 Å². The van der Waals surface area contributed by atoms with Crippen molar-refractivity contribution < 1.29 is 19.4 Å². The Balaban J connectivity index is 2.13. The summed E-state index contributed by atoms with van der Waals surface area (Å²) in [6, 6.07) is 6.87. The summed E-state index contributed by atoms with van der Waals surface area (Å²) in [6.45, 7) is 5.39. The van der Waals surface area contributed by atoms with Crippen LogP contribution in [0.15, 0.2) is 24.3 Å². The van der Waals surface area contributed by atoms with Crippen molar-refractivity contribution in [3.63, 3.8) is 0 Å². The minimum atomic E-state index is -0.462. The Morgan fingerprint density at radius 1 is 1.35 bits per heavy atom. The van der Waals surface area contributed by atoms with Crippen molar-refractivity contribution in [3.8, 4) is 0 Å². The molecule has 0 unspecified atom stereocenters. The van der Waals surface area contributed by atoms with Crippen molar-refractivity contribution in [1.29, 1.82) is 0 Å². The highest BCUT2D eigenvalue weighted by molar-refractivity contribution is 5.94. The number of nitrogens with zero attached hydrogens (tertiary/aromatic N) is 1. The van der Waals surface area contributed by atoms with Gasteiger partial charge >= 0.3 is 0 Å². The molecule has 1 heterocycles. The summed E-state index contributed by atoms with van der Waals surface area (Å²) < 4.78 is 5.59. The van der Waals surface area contributed by atoms with Gasteiger partial charge in [-0.25, -0.2) is 0 Å². The minimum Gasteiger partial charge on any atom is -0.394 e. The van der Waals surface area contributed by atoms with Crippen molar-refractivity contribution >= 4 is 17.5 Å². The number of amides is 2.